The first-order valence-corrected chi connectivity index (χ1v) is 8.14. The van der Waals surface area contributed by atoms with Crippen LogP contribution < -0.4 is 16.0 Å². The smallest absolute Gasteiger partial charge is 0.241 e. The number of imidazole rings is 1. The second kappa shape index (κ2) is 7.08. The molecule has 0 saturated carbocycles. The van der Waals surface area contributed by atoms with Crippen LogP contribution in [0.25, 0.3) is 11.0 Å². The van der Waals surface area contributed by atoms with Gasteiger partial charge in [0.1, 0.15) is 5.15 Å². The zero-order chi connectivity index (χ0) is 18.0. The van der Waals surface area contributed by atoms with Gasteiger partial charge in [0.15, 0.2) is 0 Å². The number of nitrogens with two attached hydrogens (primary N) is 1. The summed E-state index contributed by atoms with van der Waals surface area (Å²) in [5.74, 6) is 0.493. The van der Waals surface area contributed by atoms with E-state index in [1.165, 1.54) is 0 Å². The minimum Gasteiger partial charge on any atom is -0.349 e. The number of anilines is 2. The minimum absolute atomic E-state index is 0.262. The van der Waals surface area contributed by atoms with Crippen LogP contribution in [0.1, 0.15) is 5.56 Å². The number of aromatic amines is 1. The SMILES string of the molecule is CN(C)c1nc2ccc(NC(=O)C(N)Cc3ccc(Cl)nc3)cc2[nH]1. The van der Waals surface area contributed by atoms with Crippen LogP contribution in [-0.2, 0) is 11.2 Å². The van der Waals surface area contributed by atoms with E-state index in [0.29, 0.717) is 17.3 Å². The predicted octanol–water partition coefficient (Wildman–Crippen LogP) is 2.19. The lowest BCUT2D eigenvalue weighted by Crippen LogP contribution is -2.37. The van der Waals surface area contributed by atoms with Crippen molar-refractivity contribution >= 4 is 40.2 Å². The molecule has 4 N–H and O–H groups in total. The Bertz CT molecular complexity index is 890. The van der Waals surface area contributed by atoms with Gasteiger partial charge >= 0.3 is 0 Å². The molecule has 3 rings (SSSR count). The molecule has 1 amide bonds. The van der Waals surface area contributed by atoms with E-state index in [9.17, 15) is 4.79 Å². The maximum atomic E-state index is 12.3. The average Bonchev–Trinajstić information content (AvgIpc) is 3.00. The van der Waals surface area contributed by atoms with Gasteiger partial charge in [-0.2, -0.15) is 0 Å². The zero-order valence-electron chi connectivity index (χ0n) is 14.0. The molecule has 0 bridgehead atoms. The van der Waals surface area contributed by atoms with Gasteiger partial charge in [-0.1, -0.05) is 17.7 Å². The summed E-state index contributed by atoms with van der Waals surface area (Å²) in [7, 11) is 3.82. The molecule has 0 saturated heterocycles. The van der Waals surface area contributed by atoms with Crippen molar-refractivity contribution in [2.24, 2.45) is 5.73 Å². The summed E-state index contributed by atoms with van der Waals surface area (Å²) in [4.78, 5) is 25.8. The quantitative estimate of drug-likeness (QED) is 0.607. The largest absolute Gasteiger partial charge is 0.349 e. The monoisotopic (exact) mass is 358 g/mol. The number of aromatic nitrogens is 3. The lowest BCUT2D eigenvalue weighted by molar-refractivity contribution is -0.117. The number of amides is 1. The van der Waals surface area contributed by atoms with Crippen LogP contribution >= 0.6 is 11.6 Å². The Hall–Kier alpha value is -2.64. The highest BCUT2D eigenvalue weighted by Gasteiger charge is 2.15. The molecule has 0 radical (unpaired) electrons. The van der Waals surface area contributed by atoms with Gasteiger partial charge in [-0.3, -0.25) is 4.79 Å². The molecule has 130 valence electrons. The Morgan fingerprint density at radius 3 is 2.84 bits per heavy atom. The number of nitrogens with zero attached hydrogens (tertiary/aromatic N) is 3. The Morgan fingerprint density at radius 1 is 1.36 bits per heavy atom. The van der Waals surface area contributed by atoms with Gasteiger partial charge in [0.25, 0.3) is 0 Å². The van der Waals surface area contributed by atoms with Crippen LogP contribution in [0.3, 0.4) is 0 Å². The van der Waals surface area contributed by atoms with Crippen LogP contribution in [0.2, 0.25) is 5.15 Å². The van der Waals surface area contributed by atoms with E-state index in [-0.39, 0.29) is 5.91 Å². The molecule has 0 spiro atoms. The van der Waals surface area contributed by atoms with E-state index < -0.39 is 6.04 Å². The molecular formula is C17H19ClN6O. The maximum Gasteiger partial charge on any atom is 0.241 e. The molecule has 2 heterocycles. The van der Waals surface area contributed by atoms with Crippen molar-refractivity contribution in [3.8, 4) is 0 Å². The molecule has 0 aliphatic heterocycles. The second-order valence-electron chi connectivity index (χ2n) is 5.98. The molecular weight excluding hydrogens is 340 g/mol. The number of pyridine rings is 1. The van der Waals surface area contributed by atoms with Crippen LogP contribution in [0.4, 0.5) is 11.6 Å². The molecule has 0 aliphatic rings. The molecule has 25 heavy (non-hydrogen) atoms. The van der Waals surface area contributed by atoms with Gasteiger partial charge in [0, 0.05) is 26.0 Å². The molecule has 1 aromatic carbocycles. The number of rotatable bonds is 5. The van der Waals surface area contributed by atoms with E-state index in [2.05, 4.69) is 20.3 Å². The van der Waals surface area contributed by atoms with Crippen molar-refractivity contribution in [3.63, 3.8) is 0 Å². The second-order valence-corrected chi connectivity index (χ2v) is 6.36. The first-order chi connectivity index (χ1) is 11.9. The van der Waals surface area contributed by atoms with E-state index in [0.717, 1.165) is 22.5 Å². The summed E-state index contributed by atoms with van der Waals surface area (Å²) in [6.45, 7) is 0. The Labute approximate surface area is 150 Å². The number of H-pyrrole nitrogens is 1. The predicted molar refractivity (Wildman–Crippen MR) is 100.0 cm³/mol. The molecule has 2 aromatic heterocycles. The number of halogens is 1. The van der Waals surface area contributed by atoms with Crippen molar-refractivity contribution in [2.45, 2.75) is 12.5 Å². The van der Waals surface area contributed by atoms with Gasteiger partial charge in [-0.05, 0) is 36.2 Å². The highest BCUT2D eigenvalue weighted by Crippen LogP contribution is 2.20. The highest BCUT2D eigenvalue weighted by molar-refractivity contribution is 6.29. The Balaban J connectivity index is 1.69. The topological polar surface area (TPSA) is 99.9 Å². The third-order valence-electron chi connectivity index (χ3n) is 3.74. The summed E-state index contributed by atoms with van der Waals surface area (Å²) in [5.41, 5.74) is 9.18. The van der Waals surface area contributed by atoms with E-state index >= 15 is 0 Å². The normalized spacial score (nSPS) is 12.2. The fourth-order valence-electron chi connectivity index (χ4n) is 2.39. The molecule has 1 unspecified atom stereocenters. The fraction of sp³-hybridized carbons (Fsp3) is 0.235. The number of hydrogen-bond acceptors (Lipinski definition) is 5. The number of carbonyl (C=O) groups is 1. The van der Waals surface area contributed by atoms with Gasteiger partial charge < -0.3 is 20.9 Å². The first-order valence-electron chi connectivity index (χ1n) is 7.76. The lowest BCUT2D eigenvalue weighted by Gasteiger charge is -2.12. The van der Waals surface area contributed by atoms with Crippen LogP contribution in [0.5, 0.6) is 0 Å². The van der Waals surface area contributed by atoms with Crippen LogP contribution in [-0.4, -0.2) is 41.0 Å². The first kappa shape index (κ1) is 17.2. The zero-order valence-corrected chi connectivity index (χ0v) is 14.7. The van der Waals surface area contributed by atoms with Gasteiger partial charge in [-0.15, -0.1) is 0 Å². The van der Waals surface area contributed by atoms with Crippen molar-refractivity contribution in [1.82, 2.24) is 15.0 Å². The molecule has 8 heteroatoms. The standard InChI is InChI=1S/C17H19ClN6O/c1-24(2)17-22-13-5-4-11(8-14(13)23-17)21-16(25)12(19)7-10-3-6-15(18)20-9-10/h3-6,8-9,12H,7,19H2,1-2H3,(H,21,25)(H,22,23). The third-order valence-corrected chi connectivity index (χ3v) is 3.97. The Kier molecular flexibility index (Phi) is 4.87. The summed E-state index contributed by atoms with van der Waals surface area (Å²) in [5, 5.41) is 3.24. The molecule has 1 atom stereocenters. The molecule has 0 fully saturated rings. The van der Waals surface area contributed by atoms with Gasteiger partial charge in [-0.25, -0.2) is 9.97 Å². The summed E-state index contributed by atoms with van der Waals surface area (Å²) in [6.07, 6.45) is 2.00. The highest BCUT2D eigenvalue weighted by atomic mass is 35.5. The molecule has 3 aromatic rings. The van der Waals surface area contributed by atoms with E-state index in [1.54, 1.807) is 18.3 Å². The average molecular weight is 359 g/mol. The van der Waals surface area contributed by atoms with Gasteiger partial charge in [0.2, 0.25) is 11.9 Å². The summed E-state index contributed by atoms with van der Waals surface area (Å²) < 4.78 is 0. The van der Waals surface area contributed by atoms with Crippen molar-refractivity contribution in [3.05, 3.63) is 47.2 Å². The Morgan fingerprint density at radius 2 is 2.16 bits per heavy atom. The summed E-state index contributed by atoms with van der Waals surface area (Å²) in [6, 6.07) is 8.29. The number of hydrogen-bond donors (Lipinski definition) is 3. The van der Waals surface area contributed by atoms with Crippen molar-refractivity contribution in [1.29, 1.82) is 0 Å². The number of nitrogens with one attached hydrogen (secondary N) is 2. The number of benzene rings is 1. The third kappa shape index (κ3) is 4.07. The number of fused-ring (bicyclic) bond motifs is 1. The molecule has 7 nitrogen and oxygen atoms in total. The fourth-order valence-corrected chi connectivity index (χ4v) is 2.51. The van der Waals surface area contributed by atoms with Crippen molar-refractivity contribution < 1.29 is 4.79 Å². The van der Waals surface area contributed by atoms with Crippen LogP contribution in [0, 0.1) is 0 Å². The van der Waals surface area contributed by atoms with Crippen LogP contribution in [0.15, 0.2) is 36.5 Å². The van der Waals surface area contributed by atoms with Gasteiger partial charge in [0.05, 0.1) is 17.1 Å². The number of carbonyl (C=O) groups excluding carboxylic acids is 1. The molecule has 0 aliphatic carbocycles. The minimum atomic E-state index is -0.683. The summed E-state index contributed by atoms with van der Waals surface area (Å²) >= 11 is 5.75. The lowest BCUT2D eigenvalue weighted by atomic mass is 10.1. The van der Waals surface area contributed by atoms with E-state index in [4.69, 9.17) is 17.3 Å². The van der Waals surface area contributed by atoms with E-state index in [1.807, 2.05) is 37.2 Å². The van der Waals surface area contributed by atoms with Crippen molar-refractivity contribution in [2.75, 3.05) is 24.3 Å². The maximum absolute atomic E-state index is 12.3.